The molecule has 0 radical (unpaired) electrons. The molecule has 1 aromatic heterocycles. The van der Waals surface area contributed by atoms with Crippen LogP contribution in [0.1, 0.15) is 32.1 Å². The van der Waals surface area contributed by atoms with E-state index in [1.54, 1.807) is 0 Å². The molecule has 0 saturated carbocycles. The first-order valence-corrected chi connectivity index (χ1v) is 10.2. The molecule has 5 rings (SSSR count). The van der Waals surface area contributed by atoms with E-state index in [0.29, 0.717) is 43.5 Å². The molecule has 2 fully saturated rings. The van der Waals surface area contributed by atoms with Gasteiger partial charge in [0.05, 0.1) is 5.69 Å². The van der Waals surface area contributed by atoms with Gasteiger partial charge in [0.15, 0.2) is 11.5 Å². The number of hydrogen-bond acceptors (Lipinski definition) is 5. The van der Waals surface area contributed by atoms with Crippen LogP contribution in [0.15, 0.2) is 36.4 Å². The molecule has 162 valence electrons. The highest BCUT2D eigenvalue weighted by Crippen LogP contribution is 2.35. The molecular formula is C22H27Cl2N3O3. The zero-order chi connectivity index (χ0) is 18.9. The highest BCUT2D eigenvalue weighted by atomic mass is 35.5. The van der Waals surface area contributed by atoms with Crippen molar-refractivity contribution < 1.29 is 14.3 Å². The number of hydrogen-bond donors (Lipinski definition) is 2. The minimum absolute atomic E-state index is 0. The molecule has 1 amide bonds. The first-order chi connectivity index (χ1) is 13.7. The number of halogens is 2. The van der Waals surface area contributed by atoms with Crippen molar-refractivity contribution in [2.45, 2.75) is 44.2 Å². The molecule has 1 aromatic carbocycles. The second kappa shape index (κ2) is 9.86. The number of ether oxygens (including phenoxy) is 2. The fourth-order valence-corrected chi connectivity index (χ4v) is 4.67. The first-order valence-electron chi connectivity index (χ1n) is 10.2. The summed E-state index contributed by atoms with van der Waals surface area (Å²) >= 11 is 0. The maximum atomic E-state index is 12.5. The molecule has 3 aliphatic rings. The van der Waals surface area contributed by atoms with Gasteiger partial charge in [0.2, 0.25) is 5.91 Å². The Hall–Kier alpha value is -2.02. The fourth-order valence-electron chi connectivity index (χ4n) is 4.67. The van der Waals surface area contributed by atoms with Gasteiger partial charge >= 0.3 is 0 Å². The average molecular weight is 452 g/mol. The van der Waals surface area contributed by atoms with Gasteiger partial charge < -0.3 is 20.1 Å². The van der Waals surface area contributed by atoms with Gasteiger partial charge in [-0.15, -0.1) is 24.8 Å². The summed E-state index contributed by atoms with van der Waals surface area (Å²) in [4.78, 5) is 17.2. The summed E-state index contributed by atoms with van der Waals surface area (Å²) in [5, 5.41) is 6.61. The lowest BCUT2D eigenvalue weighted by Gasteiger charge is -2.28. The maximum Gasteiger partial charge on any atom is 0.225 e. The van der Waals surface area contributed by atoms with Crippen LogP contribution in [0.3, 0.4) is 0 Å². The number of anilines is 1. The van der Waals surface area contributed by atoms with Crippen LogP contribution < -0.4 is 20.1 Å². The predicted octanol–water partition coefficient (Wildman–Crippen LogP) is 4.22. The highest BCUT2D eigenvalue weighted by Gasteiger charge is 2.34. The fraction of sp³-hybridized carbons (Fsp3) is 0.455. The summed E-state index contributed by atoms with van der Waals surface area (Å²) in [6.07, 6.45) is 5.29. The Bertz CT molecular complexity index is 884. The Morgan fingerprint density at radius 2 is 1.77 bits per heavy atom. The maximum absolute atomic E-state index is 12.5. The zero-order valence-electron chi connectivity index (χ0n) is 16.6. The highest BCUT2D eigenvalue weighted by molar-refractivity contribution is 5.90. The van der Waals surface area contributed by atoms with Crippen LogP contribution in [0.5, 0.6) is 11.5 Å². The molecule has 2 N–H and O–H groups in total. The Balaban J connectivity index is 0.00000128. The second-order valence-corrected chi connectivity index (χ2v) is 7.99. The standard InChI is InChI=1S/C22H25N3O3.2ClH/c26-22(12-14-10-16-5-6-17(11-14)23-16)25-21-3-1-2-18(24-21)15-4-7-19-20(13-15)28-9-8-27-19;;/h1-4,7,13-14,16-17,23H,5-6,8-12H2,(H,24,25,26);2*1H. The minimum Gasteiger partial charge on any atom is -0.486 e. The SMILES string of the molecule is Cl.Cl.O=C(CC1CC2CCC(C1)N2)Nc1cccc(-c2ccc3c(c2)OCCO3)n1. The van der Waals surface area contributed by atoms with Gasteiger partial charge in [0.25, 0.3) is 0 Å². The summed E-state index contributed by atoms with van der Waals surface area (Å²) in [5.41, 5.74) is 1.74. The van der Waals surface area contributed by atoms with Crippen molar-refractivity contribution in [3.05, 3.63) is 36.4 Å². The Labute approximate surface area is 188 Å². The van der Waals surface area contributed by atoms with Gasteiger partial charge in [-0.05, 0) is 61.9 Å². The number of aromatic nitrogens is 1. The molecule has 8 heteroatoms. The molecule has 2 aromatic rings. The van der Waals surface area contributed by atoms with E-state index in [2.05, 4.69) is 15.6 Å². The van der Waals surface area contributed by atoms with Crippen molar-refractivity contribution in [3.8, 4) is 22.8 Å². The number of nitrogens with one attached hydrogen (secondary N) is 2. The molecule has 30 heavy (non-hydrogen) atoms. The van der Waals surface area contributed by atoms with Crippen LogP contribution >= 0.6 is 24.8 Å². The number of pyridine rings is 1. The molecule has 3 aliphatic heterocycles. The molecule has 4 heterocycles. The predicted molar refractivity (Wildman–Crippen MR) is 121 cm³/mol. The molecule has 2 atom stereocenters. The second-order valence-electron chi connectivity index (χ2n) is 7.99. The van der Waals surface area contributed by atoms with Crippen LogP contribution in [-0.4, -0.2) is 36.2 Å². The normalized spacial score (nSPS) is 23.7. The number of amides is 1. The third kappa shape index (κ3) is 4.99. The van der Waals surface area contributed by atoms with Gasteiger partial charge in [-0.1, -0.05) is 6.07 Å². The number of fused-ring (bicyclic) bond motifs is 3. The number of nitrogens with zero attached hydrogens (tertiary/aromatic N) is 1. The lowest BCUT2D eigenvalue weighted by atomic mass is 9.89. The lowest BCUT2D eigenvalue weighted by molar-refractivity contribution is -0.117. The third-order valence-corrected chi connectivity index (χ3v) is 5.90. The number of carbonyl (C=O) groups is 1. The van der Waals surface area contributed by atoms with Gasteiger partial charge in [-0.25, -0.2) is 4.98 Å². The number of benzene rings is 1. The van der Waals surface area contributed by atoms with Crippen LogP contribution in [0.4, 0.5) is 5.82 Å². The minimum atomic E-state index is 0. The average Bonchev–Trinajstić information content (AvgIpc) is 3.06. The van der Waals surface area contributed by atoms with Crippen molar-refractivity contribution in [2.75, 3.05) is 18.5 Å². The van der Waals surface area contributed by atoms with Gasteiger partial charge in [-0.3, -0.25) is 4.79 Å². The third-order valence-electron chi connectivity index (χ3n) is 5.90. The molecule has 2 saturated heterocycles. The van der Waals surface area contributed by atoms with E-state index in [1.165, 1.54) is 12.8 Å². The summed E-state index contributed by atoms with van der Waals surface area (Å²) in [7, 11) is 0. The van der Waals surface area contributed by atoms with E-state index in [4.69, 9.17) is 9.47 Å². The Morgan fingerprint density at radius 1 is 1.03 bits per heavy atom. The van der Waals surface area contributed by atoms with Crippen LogP contribution in [0, 0.1) is 5.92 Å². The number of carbonyl (C=O) groups excluding carboxylic acids is 1. The molecule has 2 unspecified atom stereocenters. The van der Waals surface area contributed by atoms with Gasteiger partial charge in [0, 0.05) is 24.1 Å². The molecule has 2 bridgehead atoms. The van der Waals surface area contributed by atoms with E-state index < -0.39 is 0 Å². The monoisotopic (exact) mass is 451 g/mol. The van der Waals surface area contributed by atoms with E-state index in [-0.39, 0.29) is 30.7 Å². The Morgan fingerprint density at radius 3 is 2.53 bits per heavy atom. The quantitative estimate of drug-likeness (QED) is 0.727. The molecule has 0 spiro atoms. The molecule has 0 aliphatic carbocycles. The summed E-state index contributed by atoms with van der Waals surface area (Å²) in [6, 6.07) is 12.7. The number of piperidine rings is 1. The summed E-state index contributed by atoms with van der Waals surface area (Å²) in [5.74, 6) is 2.61. The van der Waals surface area contributed by atoms with Crippen LogP contribution in [-0.2, 0) is 4.79 Å². The number of rotatable bonds is 4. The largest absolute Gasteiger partial charge is 0.486 e. The van der Waals surface area contributed by atoms with Crippen molar-refractivity contribution in [1.82, 2.24) is 10.3 Å². The summed E-state index contributed by atoms with van der Waals surface area (Å²) in [6.45, 7) is 1.13. The van der Waals surface area contributed by atoms with E-state index in [9.17, 15) is 4.79 Å². The molecular weight excluding hydrogens is 425 g/mol. The van der Waals surface area contributed by atoms with Crippen molar-refractivity contribution in [3.63, 3.8) is 0 Å². The van der Waals surface area contributed by atoms with E-state index in [0.717, 1.165) is 35.6 Å². The van der Waals surface area contributed by atoms with Crippen molar-refractivity contribution >= 4 is 36.5 Å². The van der Waals surface area contributed by atoms with Crippen LogP contribution in [0.2, 0.25) is 0 Å². The zero-order valence-corrected chi connectivity index (χ0v) is 18.3. The lowest BCUT2D eigenvalue weighted by Crippen LogP contribution is -2.39. The van der Waals surface area contributed by atoms with Gasteiger partial charge in [-0.2, -0.15) is 0 Å². The van der Waals surface area contributed by atoms with Crippen molar-refractivity contribution in [1.29, 1.82) is 0 Å². The summed E-state index contributed by atoms with van der Waals surface area (Å²) < 4.78 is 11.2. The molecule has 6 nitrogen and oxygen atoms in total. The van der Waals surface area contributed by atoms with E-state index >= 15 is 0 Å². The van der Waals surface area contributed by atoms with Crippen LogP contribution in [0.25, 0.3) is 11.3 Å². The van der Waals surface area contributed by atoms with E-state index in [1.807, 2.05) is 36.4 Å². The smallest absolute Gasteiger partial charge is 0.225 e. The first kappa shape index (κ1) is 22.7. The van der Waals surface area contributed by atoms with Crippen molar-refractivity contribution in [2.24, 2.45) is 5.92 Å². The van der Waals surface area contributed by atoms with Gasteiger partial charge in [0.1, 0.15) is 19.0 Å². The Kier molecular flexibility index (Phi) is 7.45. The topological polar surface area (TPSA) is 72.5 Å².